The van der Waals surface area contributed by atoms with Crippen molar-refractivity contribution in [3.05, 3.63) is 21.9 Å². The number of nitrogens with zero attached hydrogens (tertiary/aromatic N) is 2. The molecule has 2 N–H and O–H groups in total. The number of aryl methyl sites for hydroxylation is 1. The van der Waals surface area contributed by atoms with Gasteiger partial charge in [0, 0.05) is 34.9 Å². The van der Waals surface area contributed by atoms with Crippen LogP contribution in [0.5, 0.6) is 0 Å². The van der Waals surface area contributed by atoms with E-state index >= 15 is 0 Å². The summed E-state index contributed by atoms with van der Waals surface area (Å²) in [6, 6.07) is 5.87. The molecule has 2 saturated heterocycles. The third kappa shape index (κ3) is 2.93. The normalized spacial score (nSPS) is 28.1. The van der Waals surface area contributed by atoms with E-state index in [1.807, 2.05) is 11.3 Å². The van der Waals surface area contributed by atoms with Gasteiger partial charge in [0.2, 0.25) is 0 Å². The molecule has 2 aliphatic heterocycles. The first-order valence-corrected chi connectivity index (χ1v) is 8.77. The van der Waals surface area contributed by atoms with Crippen molar-refractivity contribution in [1.82, 2.24) is 9.80 Å². The quantitative estimate of drug-likeness (QED) is 0.930. The summed E-state index contributed by atoms with van der Waals surface area (Å²) < 4.78 is 0. The van der Waals surface area contributed by atoms with Gasteiger partial charge in [-0.05, 0) is 58.3 Å². The first-order chi connectivity index (χ1) is 9.65. The van der Waals surface area contributed by atoms with Crippen LogP contribution in [0.1, 0.15) is 42.0 Å². The van der Waals surface area contributed by atoms with Gasteiger partial charge in [-0.3, -0.25) is 9.80 Å². The molecule has 3 nitrogen and oxygen atoms in total. The SMILES string of the molecule is Cc1ccc(C(C(C)N)N2CCCN3CCCC3C2)s1. The number of hydrogen-bond donors (Lipinski definition) is 1. The molecule has 3 unspecified atom stereocenters. The molecule has 3 rings (SSSR count). The van der Waals surface area contributed by atoms with Gasteiger partial charge in [-0.25, -0.2) is 0 Å². The van der Waals surface area contributed by atoms with Crippen molar-refractivity contribution >= 4 is 11.3 Å². The van der Waals surface area contributed by atoms with Crippen molar-refractivity contribution in [1.29, 1.82) is 0 Å². The maximum atomic E-state index is 6.35. The zero-order valence-electron chi connectivity index (χ0n) is 12.7. The Balaban J connectivity index is 1.80. The second-order valence-corrected chi connectivity index (χ2v) is 7.75. The van der Waals surface area contributed by atoms with E-state index in [1.165, 1.54) is 55.2 Å². The number of thiophene rings is 1. The first-order valence-electron chi connectivity index (χ1n) is 7.95. The molecule has 4 heteroatoms. The summed E-state index contributed by atoms with van der Waals surface area (Å²) in [6.45, 7) is 9.32. The second-order valence-electron chi connectivity index (χ2n) is 6.43. The maximum Gasteiger partial charge on any atom is 0.0591 e. The highest BCUT2D eigenvalue weighted by Gasteiger charge is 2.33. The minimum absolute atomic E-state index is 0.195. The van der Waals surface area contributed by atoms with Gasteiger partial charge in [-0.2, -0.15) is 0 Å². The van der Waals surface area contributed by atoms with Gasteiger partial charge in [-0.1, -0.05) is 0 Å². The highest BCUT2D eigenvalue weighted by atomic mass is 32.1. The van der Waals surface area contributed by atoms with Crippen molar-refractivity contribution < 1.29 is 0 Å². The Morgan fingerprint density at radius 3 is 2.75 bits per heavy atom. The van der Waals surface area contributed by atoms with Gasteiger partial charge in [-0.15, -0.1) is 11.3 Å². The monoisotopic (exact) mass is 293 g/mol. The minimum atomic E-state index is 0.195. The van der Waals surface area contributed by atoms with Gasteiger partial charge in [0.25, 0.3) is 0 Å². The minimum Gasteiger partial charge on any atom is -0.326 e. The molecule has 0 spiro atoms. The lowest BCUT2D eigenvalue weighted by molar-refractivity contribution is 0.159. The zero-order valence-corrected chi connectivity index (χ0v) is 13.5. The van der Waals surface area contributed by atoms with Gasteiger partial charge >= 0.3 is 0 Å². The van der Waals surface area contributed by atoms with Crippen LogP contribution in [0.25, 0.3) is 0 Å². The number of rotatable bonds is 3. The largest absolute Gasteiger partial charge is 0.326 e. The van der Waals surface area contributed by atoms with Crippen molar-refractivity contribution in [2.75, 3.05) is 26.2 Å². The summed E-state index contributed by atoms with van der Waals surface area (Å²) in [7, 11) is 0. The summed E-state index contributed by atoms with van der Waals surface area (Å²) in [6.07, 6.45) is 4.02. The topological polar surface area (TPSA) is 32.5 Å². The summed E-state index contributed by atoms with van der Waals surface area (Å²) in [4.78, 5) is 8.19. The number of fused-ring (bicyclic) bond motifs is 1. The van der Waals surface area contributed by atoms with Gasteiger partial charge in [0.05, 0.1) is 6.04 Å². The molecule has 1 aromatic rings. The molecule has 20 heavy (non-hydrogen) atoms. The fraction of sp³-hybridized carbons (Fsp3) is 0.750. The van der Waals surface area contributed by atoms with Crippen LogP contribution < -0.4 is 5.73 Å². The Morgan fingerprint density at radius 2 is 2.05 bits per heavy atom. The average molecular weight is 293 g/mol. The molecule has 1 aromatic heterocycles. The van der Waals surface area contributed by atoms with Gasteiger partial charge in [0.1, 0.15) is 0 Å². The van der Waals surface area contributed by atoms with Crippen LogP contribution in [-0.4, -0.2) is 48.1 Å². The molecule has 112 valence electrons. The smallest absolute Gasteiger partial charge is 0.0591 e. The van der Waals surface area contributed by atoms with Crippen molar-refractivity contribution in [2.45, 2.75) is 51.2 Å². The number of hydrogen-bond acceptors (Lipinski definition) is 4. The molecule has 0 radical (unpaired) electrons. The summed E-state index contributed by atoms with van der Waals surface area (Å²) in [5.74, 6) is 0. The van der Waals surface area contributed by atoms with Crippen LogP contribution >= 0.6 is 11.3 Å². The highest BCUT2D eigenvalue weighted by molar-refractivity contribution is 7.12. The molecule has 2 aliphatic rings. The van der Waals surface area contributed by atoms with Crippen molar-refractivity contribution in [2.24, 2.45) is 5.73 Å². The van der Waals surface area contributed by atoms with Crippen LogP contribution in [0.2, 0.25) is 0 Å². The molecule has 3 heterocycles. The Morgan fingerprint density at radius 1 is 1.25 bits per heavy atom. The zero-order chi connectivity index (χ0) is 14.1. The second kappa shape index (κ2) is 6.14. The molecule has 0 aliphatic carbocycles. The van der Waals surface area contributed by atoms with E-state index in [0.29, 0.717) is 6.04 Å². The van der Waals surface area contributed by atoms with Crippen LogP contribution in [0, 0.1) is 6.92 Å². The third-order valence-electron chi connectivity index (χ3n) is 4.78. The van der Waals surface area contributed by atoms with Crippen molar-refractivity contribution in [3.63, 3.8) is 0 Å². The molecular weight excluding hydrogens is 266 g/mol. The first kappa shape index (κ1) is 14.5. The standard InChI is InChI=1S/C16H27N3S/c1-12-6-7-15(20-12)16(13(2)17)19-10-4-9-18-8-3-5-14(18)11-19/h6-7,13-14,16H,3-5,8-11,17H2,1-2H3. The lowest BCUT2D eigenvalue weighted by Crippen LogP contribution is -2.43. The highest BCUT2D eigenvalue weighted by Crippen LogP contribution is 2.32. The van der Waals surface area contributed by atoms with Crippen molar-refractivity contribution in [3.8, 4) is 0 Å². The van der Waals surface area contributed by atoms with E-state index in [-0.39, 0.29) is 6.04 Å². The van der Waals surface area contributed by atoms with E-state index in [0.717, 1.165) is 6.04 Å². The lowest BCUT2D eigenvalue weighted by Gasteiger charge is -2.34. The Labute approximate surface area is 126 Å². The maximum absolute atomic E-state index is 6.35. The van der Waals surface area contributed by atoms with Crippen LogP contribution in [0.15, 0.2) is 12.1 Å². The summed E-state index contributed by atoms with van der Waals surface area (Å²) in [5, 5.41) is 0. The average Bonchev–Trinajstić information content (AvgIpc) is 2.95. The van der Waals surface area contributed by atoms with E-state index < -0.39 is 0 Å². The van der Waals surface area contributed by atoms with Gasteiger partial charge < -0.3 is 5.73 Å². The van der Waals surface area contributed by atoms with E-state index in [4.69, 9.17) is 5.73 Å². The summed E-state index contributed by atoms with van der Waals surface area (Å²) >= 11 is 1.91. The predicted molar refractivity (Wildman–Crippen MR) is 86.2 cm³/mol. The molecular formula is C16H27N3S. The number of nitrogens with two attached hydrogens (primary N) is 1. The van der Waals surface area contributed by atoms with Crippen LogP contribution in [0.4, 0.5) is 0 Å². The Kier molecular flexibility index (Phi) is 4.46. The summed E-state index contributed by atoms with van der Waals surface area (Å²) in [5.41, 5.74) is 6.35. The third-order valence-corrected chi connectivity index (χ3v) is 5.85. The Bertz CT molecular complexity index is 443. The van der Waals surface area contributed by atoms with E-state index in [1.54, 1.807) is 0 Å². The predicted octanol–water partition coefficient (Wildman–Crippen LogP) is 2.61. The molecule has 0 aromatic carbocycles. The van der Waals surface area contributed by atoms with E-state index in [2.05, 4.69) is 35.8 Å². The Hall–Kier alpha value is -0.420. The van der Waals surface area contributed by atoms with E-state index in [9.17, 15) is 0 Å². The fourth-order valence-corrected chi connectivity index (χ4v) is 5.00. The molecule has 3 atom stereocenters. The molecule has 0 amide bonds. The fourth-order valence-electron chi connectivity index (χ4n) is 3.87. The van der Waals surface area contributed by atoms with Crippen LogP contribution in [-0.2, 0) is 0 Å². The van der Waals surface area contributed by atoms with Gasteiger partial charge in [0.15, 0.2) is 0 Å². The van der Waals surface area contributed by atoms with Crippen LogP contribution in [0.3, 0.4) is 0 Å². The molecule has 0 saturated carbocycles. The molecule has 2 fully saturated rings. The molecule has 0 bridgehead atoms. The lowest BCUT2D eigenvalue weighted by atomic mass is 10.1.